The third-order valence-corrected chi connectivity index (χ3v) is 9.50. The van der Waals surface area contributed by atoms with Crippen molar-refractivity contribution < 1.29 is 17.9 Å². The summed E-state index contributed by atoms with van der Waals surface area (Å²) < 4.78 is 39.8. The highest BCUT2D eigenvalue weighted by Crippen LogP contribution is 2.39. The molecule has 12 heteroatoms. The Hall–Kier alpha value is -3.16. The van der Waals surface area contributed by atoms with Gasteiger partial charge in [0.2, 0.25) is 10.0 Å². The number of ether oxygens (including phenoxy) is 2. The summed E-state index contributed by atoms with van der Waals surface area (Å²) in [6.07, 6.45) is 1.67. The second kappa shape index (κ2) is 9.95. The van der Waals surface area contributed by atoms with E-state index in [1.807, 2.05) is 18.2 Å². The minimum absolute atomic E-state index is 0.275. The topological polar surface area (TPSA) is 124 Å². The average molecular weight is 539 g/mol. The number of fused-ring (bicyclic) bond motifs is 1. The predicted octanol–water partition coefficient (Wildman–Crippen LogP) is 2.86. The van der Waals surface area contributed by atoms with Crippen LogP contribution in [0.25, 0.3) is 32.0 Å². The van der Waals surface area contributed by atoms with Crippen LogP contribution in [0.3, 0.4) is 0 Å². The van der Waals surface area contributed by atoms with Crippen LogP contribution < -0.4 is 10.6 Å². The summed E-state index contributed by atoms with van der Waals surface area (Å²) in [5.41, 5.74) is 8.17. The highest BCUT2D eigenvalue weighted by Gasteiger charge is 2.27. The summed E-state index contributed by atoms with van der Waals surface area (Å²) in [5, 5.41) is 0. The second-order valence-electron chi connectivity index (χ2n) is 8.81. The van der Waals surface area contributed by atoms with Crippen LogP contribution in [-0.2, 0) is 19.5 Å². The van der Waals surface area contributed by atoms with E-state index in [1.165, 1.54) is 4.31 Å². The van der Waals surface area contributed by atoms with E-state index in [4.69, 9.17) is 25.2 Å². The van der Waals surface area contributed by atoms with Crippen LogP contribution in [0.4, 0.5) is 11.6 Å². The van der Waals surface area contributed by atoms with Crippen molar-refractivity contribution in [3.63, 3.8) is 0 Å². The molecule has 2 aliphatic heterocycles. The Morgan fingerprint density at radius 1 is 0.892 bits per heavy atom. The molecule has 0 atom stereocenters. The number of thiophene rings is 1. The summed E-state index contributed by atoms with van der Waals surface area (Å²) in [7, 11) is -3.60. The number of anilines is 2. The fraction of sp³-hybridized carbons (Fsp3) is 0.320. The molecular formula is C25H26N6O4S2. The van der Waals surface area contributed by atoms with Gasteiger partial charge >= 0.3 is 0 Å². The van der Waals surface area contributed by atoms with Crippen LogP contribution in [0.2, 0.25) is 0 Å². The van der Waals surface area contributed by atoms with Gasteiger partial charge in [-0.2, -0.15) is 4.31 Å². The number of nitrogens with zero attached hydrogens (tertiary/aromatic N) is 5. The molecule has 4 aromatic rings. The zero-order valence-corrected chi connectivity index (χ0v) is 21.7. The van der Waals surface area contributed by atoms with Gasteiger partial charge in [0, 0.05) is 42.8 Å². The summed E-state index contributed by atoms with van der Waals surface area (Å²) in [5.74, 6) is 1.84. The van der Waals surface area contributed by atoms with Crippen molar-refractivity contribution in [2.75, 3.05) is 63.2 Å². The molecule has 2 fully saturated rings. The van der Waals surface area contributed by atoms with Crippen molar-refractivity contribution in [1.29, 1.82) is 0 Å². The number of nitrogens with two attached hydrogens (primary N) is 1. The molecule has 2 N–H and O–H groups in total. The molecule has 192 valence electrons. The number of hydrogen-bond acceptors (Lipinski definition) is 10. The highest BCUT2D eigenvalue weighted by atomic mass is 32.2. The molecule has 0 spiro atoms. The molecule has 0 amide bonds. The average Bonchev–Trinajstić information content (AvgIpc) is 3.38. The number of morpholine rings is 2. The lowest BCUT2D eigenvalue weighted by atomic mass is 10.2. The minimum Gasteiger partial charge on any atom is -0.384 e. The Kier molecular flexibility index (Phi) is 6.51. The number of pyridine rings is 1. The van der Waals surface area contributed by atoms with Gasteiger partial charge in [0.25, 0.3) is 0 Å². The van der Waals surface area contributed by atoms with E-state index in [1.54, 1.807) is 41.8 Å². The molecule has 2 saturated heterocycles. The minimum atomic E-state index is -3.60. The first kappa shape index (κ1) is 24.2. The van der Waals surface area contributed by atoms with Crippen LogP contribution in [0.15, 0.2) is 53.6 Å². The van der Waals surface area contributed by atoms with E-state index in [9.17, 15) is 8.42 Å². The molecule has 0 bridgehead atoms. The first-order valence-corrected chi connectivity index (χ1v) is 14.3. The van der Waals surface area contributed by atoms with Crippen molar-refractivity contribution >= 4 is 43.2 Å². The Bertz CT molecular complexity index is 1530. The first-order chi connectivity index (χ1) is 18.0. The van der Waals surface area contributed by atoms with Crippen LogP contribution in [0.1, 0.15) is 0 Å². The van der Waals surface area contributed by atoms with Crippen molar-refractivity contribution in [3.8, 4) is 21.8 Å². The van der Waals surface area contributed by atoms with Crippen LogP contribution in [0.5, 0.6) is 0 Å². The van der Waals surface area contributed by atoms with Crippen LogP contribution in [-0.4, -0.2) is 80.3 Å². The normalized spacial score (nSPS) is 17.4. The number of benzene rings is 1. The third kappa shape index (κ3) is 4.78. The molecule has 6 rings (SSSR count). The Balaban J connectivity index is 1.43. The number of sulfonamides is 1. The van der Waals surface area contributed by atoms with E-state index in [2.05, 4.69) is 9.88 Å². The maximum atomic E-state index is 13.2. The van der Waals surface area contributed by atoms with E-state index < -0.39 is 10.0 Å². The molecule has 37 heavy (non-hydrogen) atoms. The van der Waals surface area contributed by atoms with Crippen molar-refractivity contribution in [2.24, 2.45) is 0 Å². The van der Waals surface area contributed by atoms with Gasteiger partial charge < -0.3 is 20.1 Å². The molecule has 5 heterocycles. The van der Waals surface area contributed by atoms with Gasteiger partial charge in [0.1, 0.15) is 5.82 Å². The molecule has 3 aromatic heterocycles. The SMILES string of the molecule is Nc1ccc(-c2nc(N3CCOCC3)c3sc(-c4cccc(S(=O)(=O)N5CCOCC5)c4)cc3n2)cn1. The van der Waals surface area contributed by atoms with Crippen LogP contribution in [0, 0.1) is 0 Å². The molecule has 1 aromatic carbocycles. The quantitative estimate of drug-likeness (QED) is 0.408. The first-order valence-electron chi connectivity index (χ1n) is 12.0. The van der Waals surface area contributed by atoms with Gasteiger partial charge in [-0.05, 0) is 35.9 Å². The second-order valence-corrected chi connectivity index (χ2v) is 11.8. The summed E-state index contributed by atoms with van der Waals surface area (Å²) in [6, 6.07) is 12.7. The zero-order chi connectivity index (χ0) is 25.4. The van der Waals surface area contributed by atoms with E-state index in [0.717, 1.165) is 45.1 Å². The molecule has 0 aliphatic carbocycles. The molecule has 2 aliphatic rings. The maximum absolute atomic E-state index is 13.2. The summed E-state index contributed by atoms with van der Waals surface area (Å²) in [4.78, 5) is 17.4. The number of aromatic nitrogens is 3. The van der Waals surface area contributed by atoms with Gasteiger partial charge in [0.15, 0.2) is 11.6 Å². The molecule has 0 unspecified atom stereocenters. The molecule has 0 saturated carbocycles. The lowest BCUT2D eigenvalue weighted by Gasteiger charge is -2.28. The fourth-order valence-corrected chi connectivity index (χ4v) is 7.02. The fourth-order valence-electron chi connectivity index (χ4n) is 4.46. The largest absolute Gasteiger partial charge is 0.384 e. The number of nitrogen functional groups attached to an aromatic ring is 1. The van der Waals surface area contributed by atoms with Gasteiger partial charge in [-0.15, -0.1) is 11.3 Å². The van der Waals surface area contributed by atoms with E-state index in [-0.39, 0.29) is 4.90 Å². The zero-order valence-electron chi connectivity index (χ0n) is 20.0. The smallest absolute Gasteiger partial charge is 0.243 e. The van der Waals surface area contributed by atoms with E-state index in [0.29, 0.717) is 51.2 Å². The Labute approximate surface area is 218 Å². The molecular weight excluding hydrogens is 512 g/mol. The third-order valence-electron chi connectivity index (χ3n) is 6.44. The van der Waals surface area contributed by atoms with Crippen molar-refractivity contribution in [2.45, 2.75) is 4.90 Å². The monoisotopic (exact) mass is 538 g/mol. The Morgan fingerprint density at radius 3 is 2.38 bits per heavy atom. The number of rotatable bonds is 5. The molecule has 0 radical (unpaired) electrons. The van der Waals surface area contributed by atoms with Gasteiger partial charge in [-0.25, -0.2) is 23.4 Å². The molecule has 10 nitrogen and oxygen atoms in total. The van der Waals surface area contributed by atoms with E-state index >= 15 is 0 Å². The highest BCUT2D eigenvalue weighted by molar-refractivity contribution is 7.89. The number of hydrogen-bond donors (Lipinski definition) is 1. The predicted molar refractivity (Wildman–Crippen MR) is 143 cm³/mol. The van der Waals surface area contributed by atoms with Gasteiger partial charge in [-0.3, -0.25) is 0 Å². The lowest BCUT2D eigenvalue weighted by Crippen LogP contribution is -2.40. The van der Waals surface area contributed by atoms with Crippen LogP contribution >= 0.6 is 11.3 Å². The standard InChI is InChI=1S/C25H26N6O4S2/c26-22-5-4-18(16-27-22)24-28-20-15-21(36-23(20)25(29-24)30-6-10-34-11-7-30)17-2-1-3-19(14-17)37(32,33)31-8-12-35-13-9-31/h1-5,14-16H,6-13H2,(H2,26,27). The van der Waals surface area contributed by atoms with Gasteiger partial charge in [-0.1, -0.05) is 12.1 Å². The summed E-state index contributed by atoms with van der Waals surface area (Å²) >= 11 is 1.56. The van der Waals surface area contributed by atoms with Gasteiger partial charge in [0.05, 0.1) is 41.5 Å². The maximum Gasteiger partial charge on any atom is 0.243 e. The summed E-state index contributed by atoms with van der Waals surface area (Å²) in [6.45, 7) is 4.24. The van der Waals surface area contributed by atoms with Crippen molar-refractivity contribution in [3.05, 3.63) is 48.7 Å². The van der Waals surface area contributed by atoms with Crippen molar-refractivity contribution in [1.82, 2.24) is 19.3 Å². The lowest BCUT2D eigenvalue weighted by molar-refractivity contribution is 0.0730. The Morgan fingerprint density at radius 2 is 1.65 bits per heavy atom.